The highest BCUT2D eigenvalue weighted by Gasteiger charge is 2.20. The van der Waals surface area contributed by atoms with Gasteiger partial charge >= 0.3 is 0 Å². The van der Waals surface area contributed by atoms with Crippen LogP contribution in [-0.2, 0) is 16.1 Å². The number of carbonyl (C=O) groups is 3. The lowest BCUT2D eigenvalue weighted by Crippen LogP contribution is -2.26. The molecule has 5 N–H and O–H groups in total. The number of benzene rings is 2. The molecule has 2 aromatic carbocycles. The molecule has 9 heteroatoms. The minimum Gasteiger partial charge on any atom is -0.399 e. The van der Waals surface area contributed by atoms with E-state index in [9.17, 15) is 14.4 Å². The summed E-state index contributed by atoms with van der Waals surface area (Å²) in [6, 6.07) is 12.1. The number of rotatable bonds is 9. The molecule has 184 valence electrons. The first-order valence-corrected chi connectivity index (χ1v) is 12.0. The van der Waals surface area contributed by atoms with Crippen molar-refractivity contribution in [2.45, 2.75) is 51.5 Å². The summed E-state index contributed by atoms with van der Waals surface area (Å²) in [5.74, 6) is 0.228. The molecule has 0 bridgehead atoms. The van der Waals surface area contributed by atoms with Crippen molar-refractivity contribution < 1.29 is 14.4 Å². The number of amides is 3. The average Bonchev–Trinajstić information content (AvgIpc) is 3.48. The molecular formula is C26H32N6O3. The molecule has 3 amide bonds. The van der Waals surface area contributed by atoms with Gasteiger partial charge < -0.3 is 20.9 Å². The molecule has 1 saturated carbocycles. The third-order valence-electron chi connectivity index (χ3n) is 6.71. The Morgan fingerprint density at radius 1 is 1.09 bits per heavy atom. The fraction of sp³-hybridized carbons (Fsp3) is 0.385. The van der Waals surface area contributed by atoms with E-state index in [2.05, 4.69) is 10.3 Å². The zero-order valence-corrected chi connectivity index (χ0v) is 20.0. The highest BCUT2D eigenvalue weighted by Crippen LogP contribution is 2.30. The zero-order valence-electron chi connectivity index (χ0n) is 20.0. The summed E-state index contributed by atoms with van der Waals surface area (Å²) in [6.07, 6.45) is 6.51. The molecule has 0 unspecified atom stereocenters. The van der Waals surface area contributed by atoms with Crippen molar-refractivity contribution in [3.8, 4) is 0 Å². The van der Waals surface area contributed by atoms with Crippen LogP contribution >= 0.6 is 0 Å². The monoisotopic (exact) mass is 476 g/mol. The van der Waals surface area contributed by atoms with Crippen molar-refractivity contribution in [1.29, 1.82) is 0 Å². The van der Waals surface area contributed by atoms with Gasteiger partial charge in [0, 0.05) is 43.4 Å². The second-order valence-electron chi connectivity index (χ2n) is 9.19. The van der Waals surface area contributed by atoms with E-state index in [0.717, 1.165) is 17.6 Å². The number of hydrogen-bond acceptors (Lipinski definition) is 5. The van der Waals surface area contributed by atoms with Crippen molar-refractivity contribution in [2.24, 2.45) is 11.7 Å². The molecule has 0 spiro atoms. The Labute approximate surface area is 204 Å². The van der Waals surface area contributed by atoms with Gasteiger partial charge in [0.2, 0.25) is 17.8 Å². The van der Waals surface area contributed by atoms with Crippen LogP contribution in [0, 0.1) is 5.92 Å². The first-order chi connectivity index (χ1) is 16.8. The summed E-state index contributed by atoms with van der Waals surface area (Å²) in [4.78, 5) is 43.3. The number of carbonyl (C=O) groups excluding carboxylic acids is 3. The number of aromatic nitrogens is 2. The summed E-state index contributed by atoms with van der Waals surface area (Å²) in [5, 5.41) is 2.82. The van der Waals surface area contributed by atoms with Crippen LogP contribution < -0.4 is 21.7 Å². The predicted octanol–water partition coefficient (Wildman–Crippen LogP) is 3.68. The van der Waals surface area contributed by atoms with Crippen molar-refractivity contribution in [1.82, 2.24) is 9.55 Å². The molecule has 35 heavy (non-hydrogen) atoms. The summed E-state index contributed by atoms with van der Waals surface area (Å²) >= 11 is 0. The van der Waals surface area contributed by atoms with E-state index in [1.54, 1.807) is 40.8 Å². The highest BCUT2D eigenvalue weighted by atomic mass is 16.2. The van der Waals surface area contributed by atoms with Crippen molar-refractivity contribution in [2.75, 3.05) is 23.0 Å². The zero-order chi connectivity index (χ0) is 24.9. The normalized spacial score (nSPS) is 13.7. The topological polar surface area (TPSA) is 136 Å². The standard InChI is InChI=1S/C26H32N6O3/c1-31(24(34)13-6-17-4-2-3-5-17)20-11-12-22-21(16-20)29-26(32(22)15-14-23(28)33)30-25(35)18-7-9-19(27)10-8-18/h7-12,16-17H,2-6,13-15,27H2,1H3,(H2,28,33)(H,29,30,35). The van der Waals surface area contributed by atoms with Gasteiger partial charge in [0.1, 0.15) is 0 Å². The Bertz CT molecular complexity index is 1230. The van der Waals surface area contributed by atoms with Crippen molar-refractivity contribution in [3.63, 3.8) is 0 Å². The molecule has 1 aromatic heterocycles. The van der Waals surface area contributed by atoms with Crippen molar-refractivity contribution in [3.05, 3.63) is 48.0 Å². The number of fused-ring (bicyclic) bond motifs is 1. The number of nitrogens with one attached hydrogen (secondary N) is 1. The van der Waals surface area contributed by atoms with Crippen LogP contribution in [0.3, 0.4) is 0 Å². The van der Waals surface area contributed by atoms with Crippen LogP contribution in [0.25, 0.3) is 11.0 Å². The SMILES string of the molecule is CN(C(=O)CCC1CCCC1)c1ccc2c(c1)nc(NC(=O)c1ccc(N)cc1)n2CCC(N)=O. The molecule has 1 aliphatic carbocycles. The number of aryl methyl sites for hydroxylation is 1. The number of nitrogens with two attached hydrogens (primary N) is 2. The van der Waals surface area contributed by atoms with Gasteiger partial charge in [0.25, 0.3) is 5.91 Å². The maximum absolute atomic E-state index is 12.8. The lowest BCUT2D eigenvalue weighted by Gasteiger charge is -2.18. The lowest BCUT2D eigenvalue weighted by molar-refractivity contribution is -0.119. The Morgan fingerprint density at radius 3 is 2.49 bits per heavy atom. The molecule has 1 heterocycles. The third-order valence-corrected chi connectivity index (χ3v) is 6.71. The Morgan fingerprint density at radius 2 is 1.80 bits per heavy atom. The molecule has 1 aliphatic rings. The fourth-order valence-electron chi connectivity index (χ4n) is 4.62. The minimum atomic E-state index is -0.452. The Hall–Kier alpha value is -3.88. The van der Waals surface area contributed by atoms with Crippen LogP contribution in [0.4, 0.5) is 17.3 Å². The molecule has 9 nitrogen and oxygen atoms in total. The van der Waals surface area contributed by atoms with Crippen LogP contribution in [0.2, 0.25) is 0 Å². The van der Waals surface area contributed by atoms with E-state index in [0.29, 0.717) is 35.1 Å². The first-order valence-electron chi connectivity index (χ1n) is 12.0. The smallest absolute Gasteiger partial charge is 0.257 e. The molecule has 0 atom stereocenters. The fourth-order valence-corrected chi connectivity index (χ4v) is 4.62. The van der Waals surface area contributed by atoms with Crippen LogP contribution in [0.15, 0.2) is 42.5 Å². The quantitative estimate of drug-likeness (QED) is 0.405. The van der Waals surface area contributed by atoms with Gasteiger partial charge in [0.05, 0.1) is 11.0 Å². The number of nitrogen functional groups attached to an aromatic ring is 1. The molecule has 0 radical (unpaired) electrons. The second-order valence-corrected chi connectivity index (χ2v) is 9.19. The third kappa shape index (κ3) is 5.79. The van der Waals surface area contributed by atoms with Crippen LogP contribution in [0.1, 0.15) is 55.3 Å². The number of imidazole rings is 1. The molecular weight excluding hydrogens is 444 g/mol. The van der Waals surface area contributed by atoms with Gasteiger partial charge in [-0.25, -0.2) is 4.98 Å². The summed E-state index contributed by atoms with van der Waals surface area (Å²) < 4.78 is 1.75. The van der Waals surface area contributed by atoms with E-state index in [1.165, 1.54) is 25.7 Å². The van der Waals surface area contributed by atoms with E-state index in [1.807, 2.05) is 18.2 Å². The average molecular weight is 477 g/mol. The summed E-state index contributed by atoms with van der Waals surface area (Å²) in [7, 11) is 1.77. The number of nitrogens with zero attached hydrogens (tertiary/aromatic N) is 3. The maximum Gasteiger partial charge on any atom is 0.257 e. The van der Waals surface area contributed by atoms with Gasteiger partial charge in [-0.05, 0) is 54.8 Å². The maximum atomic E-state index is 12.8. The molecule has 4 rings (SSSR count). The van der Waals surface area contributed by atoms with Crippen LogP contribution in [0.5, 0.6) is 0 Å². The number of hydrogen-bond donors (Lipinski definition) is 3. The molecule has 1 fully saturated rings. The van der Waals surface area contributed by atoms with Gasteiger partial charge in [-0.3, -0.25) is 19.7 Å². The van der Waals surface area contributed by atoms with Gasteiger partial charge in [-0.15, -0.1) is 0 Å². The molecule has 3 aromatic rings. The molecule has 0 aliphatic heterocycles. The van der Waals surface area contributed by atoms with Gasteiger partial charge in [-0.1, -0.05) is 25.7 Å². The summed E-state index contributed by atoms with van der Waals surface area (Å²) in [6.45, 7) is 0.263. The lowest BCUT2D eigenvalue weighted by atomic mass is 10.0. The molecule has 0 saturated heterocycles. The Balaban J connectivity index is 1.56. The van der Waals surface area contributed by atoms with E-state index in [-0.39, 0.29) is 24.8 Å². The summed E-state index contributed by atoms with van der Waals surface area (Å²) in [5.41, 5.74) is 14.1. The number of primary amides is 1. The van der Waals surface area contributed by atoms with Crippen LogP contribution in [-0.4, -0.2) is 34.3 Å². The van der Waals surface area contributed by atoms with E-state index >= 15 is 0 Å². The number of anilines is 3. The van der Waals surface area contributed by atoms with Gasteiger partial charge in [0.15, 0.2) is 0 Å². The largest absolute Gasteiger partial charge is 0.399 e. The van der Waals surface area contributed by atoms with E-state index < -0.39 is 5.91 Å². The first kappa shape index (κ1) is 24.3. The van der Waals surface area contributed by atoms with Crippen molar-refractivity contribution >= 4 is 46.1 Å². The predicted molar refractivity (Wildman–Crippen MR) is 137 cm³/mol. The second kappa shape index (κ2) is 10.6. The van der Waals surface area contributed by atoms with Gasteiger partial charge in [-0.2, -0.15) is 0 Å². The highest BCUT2D eigenvalue weighted by molar-refractivity contribution is 6.04. The van der Waals surface area contributed by atoms with E-state index in [4.69, 9.17) is 11.5 Å². The minimum absolute atomic E-state index is 0.0706. The Kier molecular flexibility index (Phi) is 7.33.